The zero-order valence-electron chi connectivity index (χ0n) is 8.87. The lowest BCUT2D eigenvalue weighted by atomic mass is 10.0. The quantitative estimate of drug-likeness (QED) is 0.636. The molecule has 0 bridgehead atoms. The summed E-state index contributed by atoms with van der Waals surface area (Å²) in [6, 6.07) is 9.91. The summed E-state index contributed by atoms with van der Waals surface area (Å²) in [6.45, 7) is 3.95. The van der Waals surface area contributed by atoms with Crippen molar-refractivity contribution in [2.75, 3.05) is 0 Å². The van der Waals surface area contributed by atoms with Crippen LogP contribution in [0.25, 0.3) is 11.3 Å². The van der Waals surface area contributed by atoms with Crippen LogP contribution in [0.3, 0.4) is 0 Å². The van der Waals surface area contributed by atoms with Gasteiger partial charge in [-0.2, -0.15) is 0 Å². The van der Waals surface area contributed by atoms with Crippen LogP contribution in [-0.4, -0.2) is 0 Å². The summed E-state index contributed by atoms with van der Waals surface area (Å²) in [5.74, 6) is 4.46. The third kappa shape index (κ3) is 1.80. The second kappa shape index (κ2) is 3.67. The molecule has 0 aliphatic rings. The fourth-order valence-corrected chi connectivity index (χ4v) is 1.57. The maximum absolute atomic E-state index is 5.55. The van der Waals surface area contributed by atoms with E-state index in [1.807, 2.05) is 44.2 Å². The van der Waals surface area contributed by atoms with Gasteiger partial charge in [0.05, 0.1) is 0 Å². The molecule has 0 saturated carbocycles. The zero-order chi connectivity index (χ0) is 10.8. The first kappa shape index (κ1) is 9.61. The molecule has 0 aliphatic carbocycles. The lowest BCUT2D eigenvalue weighted by Gasteiger charge is -2.01. The van der Waals surface area contributed by atoms with Gasteiger partial charge in [-0.1, -0.05) is 5.92 Å². The van der Waals surface area contributed by atoms with E-state index in [9.17, 15) is 0 Å². The van der Waals surface area contributed by atoms with Gasteiger partial charge in [-0.3, -0.25) is 0 Å². The highest BCUT2D eigenvalue weighted by Crippen LogP contribution is 2.23. The van der Waals surface area contributed by atoms with Crippen molar-refractivity contribution in [2.45, 2.75) is 13.8 Å². The van der Waals surface area contributed by atoms with Crippen LogP contribution in [0.15, 0.2) is 34.7 Å². The van der Waals surface area contributed by atoms with Gasteiger partial charge in [0.1, 0.15) is 11.5 Å². The van der Waals surface area contributed by atoms with E-state index in [0.717, 1.165) is 28.2 Å². The third-order valence-electron chi connectivity index (χ3n) is 2.41. The number of aryl methyl sites for hydroxylation is 2. The fraction of sp³-hybridized carbons (Fsp3) is 0.143. The molecular weight excluding hydrogens is 184 g/mol. The molecule has 15 heavy (non-hydrogen) atoms. The van der Waals surface area contributed by atoms with E-state index in [1.54, 1.807) is 0 Å². The molecule has 0 aliphatic heterocycles. The minimum atomic E-state index is 0.888. The van der Waals surface area contributed by atoms with Crippen molar-refractivity contribution < 1.29 is 4.42 Å². The molecule has 1 aromatic carbocycles. The van der Waals surface area contributed by atoms with Crippen molar-refractivity contribution in [2.24, 2.45) is 0 Å². The first-order valence-corrected chi connectivity index (χ1v) is 4.85. The minimum Gasteiger partial charge on any atom is -0.461 e. The van der Waals surface area contributed by atoms with Gasteiger partial charge in [-0.05, 0) is 49.7 Å². The van der Waals surface area contributed by atoms with Crippen LogP contribution >= 0.6 is 0 Å². The molecule has 0 N–H and O–H groups in total. The summed E-state index contributed by atoms with van der Waals surface area (Å²) in [5.41, 5.74) is 3.10. The van der Waals surface area contributed by atoms with Crippen molar-refractivity contribution in [3.8, 4) is 23.7 Å². The van der Waals surface area contributed by atoms with Gasteiger partial charge in [0, 0.05) is 11.1 Å². The molecule has 0 radical (unpaired) electrons. The first-order valence-electron chi connectivity index (χ1n) is 4.85. The van der Waals surface area contributed by atoms with Crippen molar-refractivity contribution in [3.63, 3.8) is 0 Å². The number of furan rings is 1. The zero-order valence-corrected chi connectivity index (χ0v) is 8.87. The molecule has 2 rings (SSSR count). The molecule has 1 aromatic heterocycles. The third-order valence-corrected chi connectivity index (χ3v) is 2.41. The molecule has 1 nitrogen and oxygen atoms in total. The van der Waals surface area contributed by atoms with Crippen LogP contribution in [0.1, 0.15) is 16.9 Å². The lowest BCUT2D eigenvalue weighted by molar-refractivity contribution is 0.548. The molecular formula is C14H12O. The molecule has 0 amide bonds. The van der Waals surface area contributed by atoms with Gasteiger partial charge < -0.3 is 4.42 Å². The minimum absolute atomic E-state index is 0.888. The van der Waals surface area contributed by atoms with Crippen molar-refractivity contribution in [1.82, 2.24) is 0 Å². The highest BCUT2D eigenvalue weighted by atomic mass is 16.3. The molecule has 0 fully saturated rings. The topological polar surface area (TPSA) is 13.1 Å². The smallest absolute Gasteiger partial charge is 0.134 e. The Morgan fingerprint density at radius 1 is 1.13 bits per heavy atom. The number of rotatable bonds is 1. The first-order chi connectivity index (χ1) is 7.20. The summed E-state index contributed by atoms with van der Waals surface area (Å²) >= 11 is 0. The predicted molar refractivity (Wildman–Crippen MR) is 61.6 cm³/mol. The van der Waals surface area contributed by atoms with E-state index in [2.05, 4.69) is 5.92 Å². The summed E-state index contributed by atoms with van der Waals surface area (Å²) < 4.78 is 5.55. The van der Waals surface area contributed by atoms with Gasteiger partial charge in [-0.25, -0.2) is 0 Å². The molecule has 0 spiro atoms. The highest BCUT2D eigenvalue weighted by molar-refractivity contribution is 5.61. The summed E-state index contributed by atoms with van der Waals surface area (Å²) in [4.78, 5) is 0. The maximum Gasteiger partial charge on any atom is 0.134 e. The van der Waals surface area contributed by atoms with E-state index in [-0.39, 0.29) is 0 Å². The Morgan fingerprint density at radius 2 is 1.93 bits per heavy atom. The molecule has 1 heteroatoms. The average molecular weight is 196 g/mol. The Hall–Kier alpha value is -1.94. The normalized spacial score (nSPS) is 9.93. The van der Waals surface area contributed by atoms with E-state index < -0.39 is 0 Å². The van der Waals surface area contributed by atoms with Gasteiger partial charge in [0.15, 0.2) is 0 Å². The van der Waals surface area contributed by atoms with E-state index in [4.69, 9.17) is 10.8 Å². The predicted octanol–water partition coefficient (Wildman–Crippen LogP) is 3.54. The second-order valence-corrected chi connectivity index (χ2v) is 3.58. The second-order valence-electron chi connectivity index (χ2n) is 3.58. The van der Waals surface area contributed by atoms with Crippen molar-refractivity contribution >= 4 is 0 Å². The van der Waals surface area contributed by atoms with Crippen molar-refractivity contribution in [1.29, 1.82) is 0 Å². The molecule has 74 valence electrons. The van der Waals surface area contributed by atoms with E-state index in [1.165, 1.54) is 0 Å². The van der Waals surface area contributed by atoms with Gasteiger partial charge in [0.25, 0.3) is 0 Å². The van der Waals surface area contributed by atoms with Crippen molar-refractivity contribution in [3.05, 3.63) is 47.2 Å². The Balaban J connectivity index is 2.48. The van der Waals surface area contributed by atoms with E-state index in [0.29, 0.717) is 0 Å². The number of terminal acetylenes is 1. The monoisotopic (exact) mass is 196 g/mol. The lowest BCUT2D eigenvalue weighted by Crippen LogP contribution is -1.83. The summed E-state index contributed by atoms with van der Waals surface area (Å²) in [6.07, 6.45) is 5.37. The van der Waals surface area contributed by atoms with Gasteiger partial charge in [-0.15, -0.1) is 6.42 Å². The number of hydrogen-bond acceptors (Lipinski definition) is 1. The number of benzene rings is 1. The largest absolute Gasteiger partial charge is 0.461 e. The van der Waals surface area contributed by atoms with Crippen LogP contribution < -0.4 is 0 Å². The SMILES string of the molecule is C#Cc1ccc(-c2ccc(C)o2)cc1C. The highest BCUT2D eigenvalue weighted by Gasteiger charge is 2.03. The van der Waals surface area contributed by atoms with Crippen LogP contribution in [-0.2, 0) is 0 Å². The van der Waals surface area contributed by atoms with Crippen LogP contribution in [0.4, 0.5) is 0 Å². The fourth-order valence-electron chi connectivity index (χ4n) is 1.57. The molecule has 1 heterocycles. The van der Waals surface area contributed by atoms with E-state index >= 15 is 0 Å². The summed E-state index contributed by atoms with van der Waals surface area (Å²) in [7, 11) is 0. The Kier molecular flexibility index (Phi) is 2.35. The molecule has 0 unspecified atom stereocenters. The molecule has 2 aromatic rings. The summed E-state index contributed by atoms with van der Waals surface area (Å²) in [5, 5.41) is 0. The van der Waals surface area contributed by atoms with Crippen LogP contribution in [0, 0.1) is 26.2 Å². The Morgan fingerprint density at radius 3 is 2.47 bits per heavy atom. The molecule has 0 saturated heterocycles. The maximum atomic E-state index is 5.55. The Bertz CT molecular complexity index is 527. The number of hydrogen-bond donors (Lipinski definition) is 0. The van der Waals surface area contributed by atoms with Gasteiger partial charge >= 0.3 is 0 Å². The Labute approximate surface area is 89.7 Å². The molecule has 0 atom stereocenters. The standard InChI is InChI=1S/C14H12O/c1-4-12-6-7-13(9-10(12)2)14-8-5-11(3)15-14/h1,5-9H,2-3H3. The van der Waals surface area contributed by atoms with Crippen LogP contribution in [0.2, 0.25) is 0 Å². The van der Waals surface area contributed by atoms with Crippen LogP contribution in [0.5, 0.6) is 0 Å². The van der Waals surface area contributed by atoms with Gasteiger partial charge in [0.2, 0.25) is 0 Å². The average Bonchev–Trinajstić information content (AvgIpc) is 2.65.